The van der Waals surface area contributed by atoms with E-state index in [0.29, 0.717) is 6.61 Å². The molecule has 2 rings (SSSR count). The van der Waals surface area contributed by atoms with E-state index in [1.807, 2.05) is 13.8 Å². The van der Waals surface area contributed by atoms with Crippen molar-refractivity contribution in [1.29, 1.82) is 0 Å². The number of rotatable bonds is 6. The van der Waals surface area contributed by atoms with Gasteiger partial charge in [0.25, 0.3) is 0 Å². The number of ether oxygens (including phenoxy) is 2. The summed E-state index contributed by atoms with van der Waals surface area (Å²) in [5, 5.41) is -0.121. The summed E-state index contributed by atoms with van der Waals surface area (Å²) in [7, 11) is 0. The zero-order chi connectivity index (χ0) is 20.4. The molecule has 0 aliphatic carbocycles. The molecule has 0 saturated heterocycles. The number of carbonyl (C=O) groups is 1. The first kappa shape index (κ1) is 21.7. The minimum absolute atomic E-state index is 0.0307. The highest BCUT2D eigenvalue weighted by Gasteiger charge is 2.49. The molecule has 1 aromatic rings. The van der Waals surface area contributed by atoms with Crippen LogP contribution in [0.3, 0.4) is 0 Å². The van der Waals surface area contributed by atoms with Gasteiger partial charge in [-0.1, -0.05) is 49.9 Å². The first-order chi connectivity index (χ1) is 12.6. The van der Waals surface area contributed by atoms with Crippen LogP contribution in [0.4, 0.5) is 13.2 Å². The van der Waals surface area contributed by atoms with E-state index in [4.69, 9.17) is 38.6 Å². The minimum atomic E-state index is -4.89. The third-order valence-electron chi connectivity index (χ3n) is 4.25. The average molecular weight is 428 g/mol. The Morgan fingerprint density at radius 1 is 1.33 bits per heavy atom. The molecule has 1 aliphatic heterocycles. The molecule has 27 heavy (non-hydrogen) atoms. The maximum atomic E-state index is 13.3. The van der Waals surface area contributed by atoms with Crippen molar-refractivity contribution in [3.8, 4) is 11.5 Å². The third kappa shape index (κ3) is 4.62. The summed E-state index contributed by atoms with van der Waals surface area (Å²) in [6.45, 7) is 4.29. The summed E-state index contributed by atoms with van der Waals surface area (Å²) in [5.41, 5.74) is -0.726. The number of carbonyl (C=O) groups excluding carboxylic acids is 1. The molecule has 10 heteroatoms. The Morgan fingerprint density at radius 3 is 2.48 bits per heavy atom. The largest absolute Gasteiger partial charge is 0.490 e. The first-order valence-corrected chi connectivity index (χ1v) is 8.90. The van der Waals surface area contributed by atoms with Gasteiger partial charge < -0.3 is 14.3 Å². The second kappa shape index (κ2) is 8.58. The van der Waals surface area contributed by atoms with Crippen molar-refractivity contribution in [3.05, 3.63) is 27.2 Å². The molecule has 0 spiro atoms. The molecule has 2 N–H and O–H groups in total. The number of hydrogen-bond donors (Lipinski definition) is 1. The summed E-state index contributed by atoms with van der Waals surface area (Å²) in [6.07, 6.45) is -4.81. The molecule has 1 heterocycles. The van der Waals surface area contributed by atoms with Gasteiger partial charge in [-0.2, -0.15) is 19.1 Å². The fourth-order valence-corrected chi connectivity index (χ4v) is 3.21. The number of halogens is 5. The van der Waals surface area contributed by atoms with Gasteiger partial charge in [0, 0.05) is 5.56 Å². The Hall–Kier alpha value is -1.64. The topological polar surface area (TPSA) is 70.8 Å². The zero-order valence-electron chi connectivity index (χ0n) is 14.5. The highest BCUT2D eigenvalue weighted by Crippen LogP contribution is 2.48. The van der Waals surface area contributed by atoms with Gasteiger partial charge in [-0.3, -0.25) is 0 Å². The maximum Gasteiger partial charge on any atom is 0.430 e. The lowest BCUT2D eigenvalue weighted by atomic mass is 10.0. The van der Waals surface area contributed by atoms with Crippen LogP contribution in [0.15, 0.2) is 11.6 Å². The molecule has 1 unspecified atom stereocenters. The normalized spacial score (nSPS) is 16.5. The lowest BCUT2D eigenvalue weighted by Gasteiger charge is -2.29. The van der Waals surface area contributed by atoms with Gasteiger partial charge in [-0.15, -0.1) is 0 Å². The zero-order valence-corrected chi connectivity index (χ0v) is 16.0. The molecular formula is C17H18Cl2F3NO4. The van der Waals surface area contributed by atoms with Crippen LogP contribution in [-0.2, 0) is 9.63 Å². The van der Waals surface area contributed by atoms with Crippen LogP contribution >= 0.6 is 23.2 Å². The third-order valence-corrected chi connectivity index (χ3v) is 4.87. The smallest absolute Gasteiger partial charge is 0.430 e. The molecule has 0 saturated carbocycles. The molecule has 5 nitrogen and oxygen atoms in total. The van der Waals surface area contributed by atoms with Gasteiger partial charge in [0.05, 0.1) is 17.2 Å². The molecule has 1 atom stereocenters. The van der Waals surface area contributed by atoms with Crippen LogP contribution in [0.25, 0.3) is 6.08 Å². The number of nitrogens with two attached hydrogens (primary N) is 1. The Morgan fingerprint density at radius 2 is 1.96 bits per heavy atom. The van der Waals surface area contributed by atoms with Gasteiger partial charge >= 0.3 is 12.1 Å². The van der Waals surface area contributed by atoms with Crippen LogP contribution in [0.5, 0.6) is 11.5 Å². The van der Waals surface area contributed by atoms with Crippen molar-refractivity contribution in [2.75, 3.05) is 6.61 Å². The number of hydrogen-bond acceptors (Lipinski definition) is 5. The van der Waals surface area contributed by atoms with Gasteiger partial charge in [-0.05, 0) is 18.1 Å². The molecule has 0 aromatic heterocycles. The first-order valence-electron chi connectivity index (χ1n) is 8.14. The standard InChI is InChI=1S/C17H18Cl2F3NO4/c1-3-8(4-2)7-25-14-11(18)6-9-5-10(16(24)27-23)15(17(20,21)22)26-13(9)12(14)19/h5-6,8,15H,3-4,7,23H2,1-2H3. The lowest BCUT2D eigenvalue weighted by molar-refractivity contribution is -0.188. The predicted octanol–water partition coefficient (Wildman–Crippen LogP) is 4.93. The molecule has 0 radical (unpaired) electrons. The second-order valence-corrected chi connectivity index (χ2v) is 6.74. The Bertz CT molecular complexity index is 749. The average Bonchev–Trinajstić information content (AvgIpc) is 2.62. The van der Waals surface area contributed by atoms with Gasteiger partial charge in [0.2, 0.25) is 6.10 Å². The van der Waals surface area contributed by atoms with E-state index >= 15 is 0 Å². The van der Waals surface area contributed by atoms with E-state index in [-0.39, 0.29) is 33.0 Å². The van der Waals surface area contributed by atoms with E-state index in [0.717, 1.165) is 18.9 Å². The molecule has 1 aliphatic rings. The lowest BCUT2D eigenvalue weighted by Crippen LogP contribution is -2.41. The monoisotopic (exact) mass is 427 g/mol. The fourth-order valence-electron chi connectivity index (χ4n) is 2.59. The van der Waals surface area contributed by atoms with E-state index in [9.17, 15) is 18.0 Å². The quantitative estimate of drug-likeness (QED) is 0.651. The van der Waals surface area contributed by atoms with E-state index < -0.39 is 23.8 Å². The van der Waals surface area contributed by atoms with Gasteiger partial charge in [-0.25, -0.2) is 4.79 Å². The van der Waals surface area contributed by atoms with Crippen LogP contribution in [0.1, 0.15) is 32.3 Å². The van der Waals surface area contributed by atoms with Crippen molar-refractivity contribution in [2.45, 2.75) is 39.0 Å². The number of benzene rings is 1. The van der Waals surface area contributed by atoms with Crippen molar-refractivity contribution < 1.29 is 32.3 Å². The Balaban J connectivity index is 2.47. The maximum absolute atomic E-state index is 13.3. The molecule has 0 bridgehead atoms. The van der Waals surface area contributed by atoms with Crippen molar-refractivity contribution in [2.24, 2.45) is 11.8 Å². The second-order valence-electron chi connectivity index (χ2n) is 5.96. The summed E-state index contributed by atoms with van der Waals surface area (Å²) in [5.74, 6) is 3.34. The van der Waals surface area contributed by atoms with E-state index in [1.54, 1.807) is 0 Å². The molecular weight excluding hydrogens is 410 g/mol. The van der Waals surface area contributed by atoms with Crippen LogP contribution < -0.4 is 15.4 Å². The predicted molar refractivity (Wildman–Crippen MR) is 94.8 cm³/mol. The Kier molecular flexibility index (Phi) is 6.88. The van der Waals surface area contributed by atoms with Crippen molar-refractivity contribution in [1.82, 2.24) is 0 Å². The van der Waals surface area contributed by atoms with Gasteiger partial charge in [0.1, 0.15) is 10.8 Å². The van der Waals surface area contributed by atoms with E-state index in [1.165, 1.54) is 6.07 Å². The summed E-state index contributed by atoms with van der Waals surface area (Å²) in [6, 6.07) is 1.31. The highest BCUT2D eigenvalue weighted by atomic mass is 35.5. The molecule has 0 fully saturated rings. The minimum Gasteiger partial charge on any atom is -0.490 e. The number of alkyl halides is 3. The summed E-state index contributed by atoms with van der Waals surface area (Å²) >= 11 is 12.4. The van der Waals surface area contributed by atoms with Gasteiger partial charge in [0.15, 0.2) is 5.75 Å². The molecule has 1 aromatic carbocycles. The summed E-state index contributed by atoms with van der Waals surface area (Å²) in [4.78, 5) is 15.6. The van der Waals surface area contributed by atoms with Crippen molar-refractivity contribution >= 4 is 35.2 Å². The van der Waals surface area contributed by atoms with Crippen LogP contribution in [0, 0.1) is 5.92 Å². The Labute approximate surface area is 164 Å². The molecule has 150 valence electrons. The number of fused-ring (bicyclic) bond motifs is 1. The van der Waals surface area contributed by atoms with Crippen LogP contribution in [-0.4, -0.2) is 24.9 Å². The van der Waals surface area contributed by atoms with Crippen molar-refractivity contribution in [3.63, 3.8) is 0 Å². The summed E-state index contributed by atoms with van der Waals surface area (Å²) < 4.78 is 50.6. The molecule has 0 amide bonds. The fraction of sp³-hybridized carbons (Fsp3) is 0.471. The van der Waals surface area contributed by atoms with Crippen LogP contribution in [0.2, 0.25) is 10.0 Å². The van der Waals surface area contributed by atoms with E-state index in [2.05, 4.69) is 4.84 Å². The highest BCUT2D eigenvalue weighted by molar-refractivity contribution is 6.38. The SMILES string of the molecule is CCC(CC)COc1c(Cl)cc2c(c1Cl)OC(C(F)(F)F)C(C(=O)ON)=C2.